The number of methoxy groups -OCH3 is 2. The largest absolute Gasteiger partial charge is 0.495 e. The molecule has 1 aromatic carbocycles. The number of hydrogen-bond donors (Lipinski definition) is 1. The van der Waals surface area contributed by atoms with Gasteiger partial charge in [-0.2, -0.15) is 0 Å². The maximum Gasteiger partial charge on any atom is 0.137 e. The van der Waals surface area contributed by atoms with E-state index in [0.29, 0.717) is 10.8 Å². The second-order valence-electron chi connectivity index (χ2n) is 4.49. The Kier molecular flexibility index (Phi) is 3.61. The third kappa shape index (κ3) is 2.15. The van der Waals surface area contributed by atoms with Gasteiger partial charge in [-0.3, -0.25) is 0 Å². The van der Waals surface area contributed by atoms with Crippen molar-refractivity contribution < 1.29 is 9.47 Å². The van der Waals surface area contributed by atoms with E-state index in [1.54, 1.807) is 14.2 Å². The highest BCUT2D eigenvalue weighted by Crippen LogP contribution is 2.44. The molecule has 17 heavy (non-hydrogen) atoms. The predicted octanol–water partition coefficient (Wildman–Crippen LogP) is 2.92. The van der Waals surface area contributed by atoms with Gasteiger partial charge >= 0.3 is 0 Å². The van der Waals surface area contributed by atoms with Crippen molar-refractivity contribution in [3.63, 3.8) is 0 Å². The quantitative estimate of drug-likeness (QED) is 0.900. The summed E-state index contributed by atoms with van der Waals surface area (Å²) >= 11 is 6.00. The van der Waals surface area contributed by atoms with Crippen LogP contribution in [0.1, 0.15) is 30.9 Å². The van der Waals surface area contributed by atoms with Gasteiger partial charge in [-0.15, -0.1) is 0 Å². The Morgan fingerprint density at radius 2 is 2.06 bits per heavy atom. The summed E-state index contributed by atoms with van der Waals surface area (Å²) in [5.41, 5.74) is 7.09. The molecule has 0 bridgehead atoms. The van der Waals surface area contributed by atoms with Gasteiger partial charge in [-0.1, -0.05) is 17.7 Å². The molecule has 0 amide bonds. The van der Waals surface area contributed by atoms with E-state index in [1.807, 2.05) is 18.2 Å². The fourth-order valence-corrected chi connectivity index (χ4v) is 2.54. The first-order chi connectivity index (χ1) is 8.13. The van der Waals surface area contributed by atoms with Crippen LogP contribution in [-0.4, -0.2) is 19.8 Å². The Hall–Kier alpha value is -0.770. The highest BCUT2D eigenvalue weighted by molar-refractivity contribution is 6.32. The van der Waals surface area contributed by atoms with Gasteiger partial charge in [0.2, 0.25) is 0 Å². The summed E-state index contributed by atoms with van der Waals surface area (Å²) in [7, 11) is 3.33. The molecule has 1 aliphatic carbocycles. The van der Waals surface area contributed by atoms with Crippen LogP contribution in [0, 0.1) is 0 Å². The van der Waals surface area contributed by atoms with Crippen molar-refractivity contribution in [1.29, 1.82) is 0 Å². The van der Waals surface area contributed by atoms with E-state index < -0.39 is 0 Å². The van der Waals surface area contributed by atoms with Crippen LogP contribution in [0.5, 0.6) is 5.75 Å². The fourth-order valence-electron chi connectivity index (χ4n) is 2.34. The molecule has 1 unspecified atom stereocenters. The molecule has 94 valence electrons. The Morgan fingerprint density at radius 1 is 1.35 bits per heavy atom. The number of nitrogens with two attached hydrogens (primary N) is 1. The summed E-state index contributed by atoms with van der Waals surface area (Å²) in [6.07, 6.45) is 3.19. The SMILES string of the molecule is COc1cc(C(N)C2(OC)CCC2)ccc1Cl. The average molecular weight is 256 g/mol. The lowest BCUT2D eigenvalue weighted by molar-refractivity contribution is -0.0911. The summed E-state index contributed by atoms with van der Waals surface area (Å²) in [6, 6.07) is 5.52. The third-order valence-electron chi connectivity index (χ3n) is 3.71. The van der Waals surface area contributed by atoms with Crippen molar-refractivity contribution in [1.82, 2.24) is 0 Å². The molecular formula is C13H18ClNO2. The molecule has 1 fully saturated rings. The Labute approximate surface area is 107 Å². The van der Waals surface area contributed by atoms with Crippen molar-refractivity contribution >= 4 is 11.6 Å². The number of halogens is 1. The van der Waals surface area contributed by atoms with Crippen molar-refractivity contribution in [2.75, 3.05) is 14.2 Å². The molecule has 3 nitrogen and oxygen atoms in total. The molecule has 2 N–H and O–H groups in total. The van der Waals surface area contributed by atoms with E-state index in [4.69, 9.17) is 26.8 Å². The molecule has 0 radical (unpaired) electrons. The standard InChI is InChI=1S/C13H18ClNO2/c1-16-11-8-9(4-5-10(11)14)12(15)13(17-2)6-3-7-13/h4-5,8,12H,3,6-7,15H2,1-2H3. The monoisotopic (exact) mass is 255 g/mol. The lowest BCUT2D eigenvalue weighted by atomic mass is 9.72. The van der Waals surface area contributed by atoms with Gasteiger partial charge in [0, 0.05) is 7.11 Å². The minimum absolute atomic E-state index is 0.132. The van der Waals surface area contributed by atoms with Crippen LogP contribution in [0.2, 0.25) is 5.02 Å². The first-order valence-corrected chi connectivity index (χ1v) is 6.15. The molecule has 0 heterocycles. The minimum atomic E-state index is -0.209. The van der Waals surface area contributed by atoms with Crippen LogP contribution in [0.15, 0.2) is 18.2 Å². The maximum atomic E-state index is 6.30. The second kappa shape index (κ2) is 4.84. The van der Waals surface area contributed by atoms with E-state index in [-0.39, 0.29) is 11.6 Å². The topological polar surface area (TPSA) is 44.5 Å². The van der Waals surface area contributed by atoms with Gasteiger partial charge in [-0.25, -0.2) is 0 Å². The number of benzene rings is 1. The van der Waals surface area contributed by atoms with Crippen LogP contribution in [-0.2, 0) is 4.74 Å². The lowest BCUT2D eigenvalue weighted by Crippen LogP contribution is -2.48. The zero-order valence-corrected chi connectivity index (χ0v) is 11.0. The van der Waals surface area contributed by atoms with Gasteiger partial charge in [-0.05, 0) is 37.0 Å². The number of hydrogen-bond acceptors (Lipinski definition) is 3. The van der Waals surface area contributed by atoms with Gasteiger partial charge < -0.3 is 15.2 Å². The molecule has 0 saturated heterocycles. The lowest BCUT2D eigenvalue weighted by Gasteiger charge is -2.45. The van der Waals surface area contributed by atoms with Crippen molar-refractivity contribution in [2.24, 2.45) is 5.73 Å². The smallest absolute Gasteiger partial charge is 0.137 e. The highest BCUT2D eigenvalue weighted by atomic mass is 35.5. The molecule has 1 aliphatic rings. The molecular weight excluding hydrogens is 238 g/mol. The van der Waals surface area contributed by atoms with Crippen LogP contribution < -0.4 is 10.5 Å². The molecule has 2 rings (SSSR count). The molecule has 1 saturated carbocycles. The summed E-state index contributed by atoms with van der Waals surface area (Å²) in [4.78, 5) is 0. The first-order valence-electron chi connectivity index (χ1n) is 5.77. The van der Waals surface area contributed by atoms with Crippen LogP contribution in [0.3, 0.4) is 0 Å². The average Bonchev–Trinajstić information content (AvgIpc) is 2.29. The summed E-state index contributed by atoms with van der Waals surface area (Å²) in [5, 5.41) is 0.600. The van der Waals surface area contributed by atoms with Gasteiger partial charge in [0.1, 0.15) is 5.75 Å². The van der Waals surface area contributed by atoms with E-state index in [9.17, 15) is 0 Å². The van der Waals surface area contributed by atoms with Gasteiger partial charge in [0.05, 0.1) is 23.8 Å². The van der Waals surface area contributed by atoms with Crippen molar-refractivity contribution in [3.05, 3.63) is 28.8 Å². The first kappa shape index (κ1) is 12.7. The Bertz CT molecular complexity index is 399. The maximum absolute atomic E-state index is 6.30. The highest BCUT2D eigenvalue weighted by Gasteiger charge is 2.43. The van der Waals surface area contributed by atoms with Crippen LogP contribution in [0.25, 0.3) is 0 Å². The second-order valence-corrected chi connectivity index (χ2v) is 4.90. The molecule has 1 aromatic rings. The van der Waals surface area contributed by atoms with Crippen LogP contribution >= 0.6 is 11.6 Å². The van der Waals surface area contributed by atoms with E-state index in [2.05, 4.69) is 0 Å². The van der Waals surface area contributed by atoms with Crippen LogP contribution in [0.4, 0.5) is 0 Å². The van der Waals surface area contributed by atoms with Crippen molar-refractivity contribution in [3.8, 4) is 5.75 Å². The number of ether oxygens (including phenoxy) is 2. The fraction of sp³-hybridized carbons (Fsp3) is 0.538. The molecule has 0 spiro atoms. The predicted molar refractivity (Wildman–Crippen MR) is 68.5 cm³/mol. The normalized spacial score (nSPS) is 19.5. The van der Waals surface area contributed by atoms with E-state index in [0.717, 1.165) is 18.4 Å². The third-order valence-corrected chi connectivity index (χ3v) is 4.02. The number of rotatable bonds is 4. The summed E-state index contributed by atoms with van der Waals surface area (Å²) in [5.74, 6) is 0.658. The molecule has 4 heteroatoms. The van der Waals surface area contributed by atoms with E-state index in [1.165, 1.54) is 6.42 Å². The minimum Gasteiger partial charge on any atom is -0.495 e. The molecule has 0 aromatic heterocycles. The summed E-state index contributed by atoms with van der Waals surface area (Å²) in [6.45, 7) is 0. The zero-order valence-electron chi connectivity index (χ0n) is 10.2. The van der Waals surface area contributed by atoms with Crippen molar-refractivity contribution in [2.45, 2.75) is 30.9 Å². The zero-order chi connectivity index (χ0) is 12.5. The summed E-state index contributed by atoms with van der Waals surface area (Å²) < 4.78 is 10.8. The molecule has 0 aliphatic heterocycles. The van der Waals surface area contributed by atoms with E-state index >= 15 is 0 Å². The van der Waals surface area contributed by atoms with Gasteiger partial charge in [0.15, 0.2) is 0 Å². The Balaban J connectivity index is 2.27. The molecule has 1 atom stereocenters. The van der Waals surface area contributed by atoms with Gasteiger partial charge in [0.25, 0.3) is 0 Å². The Morgan fingerprint density at radius 3 is 2.53 bits per heavy atom.